The molecule has 8 nitrogen and oxygen atoms in total. The molecule has 2 aromatic carbocycles. The number of amides is 2. The molecule has 5 N–H and O–H groups in total. The first-order chi connectivity index (χ1) is 16.8. The average Bonchev–Trinajstić information content (AvgIpc) is 2.84. The van der Waals surface area contributed by atoms with Gasteiger partial charge in [-0.2, -0.15) is 0 Å². The molecule has 0 unspecified atom stereocenters. The Balaban J connectivity index is 1.64. The van der Waals surface area contributed by atoms with Crippen molar-refractivity contribution < 1.29 is 9.59 Å². The van der Waals surface area contributed by atoms with Crippen molar-refractivity contribution in [3.05, 3.63) is 102 Å². The highest BCUT2D eigenvalue weighted by Gasteiger charge is 2.12. The number of nitrogens with two attached hydrogens (primary N) is 1. The van der Waals surface area contributed by atoms with Crippen LogP contribution in [-0.4, -0.2) is 21.8 Å². The topological polar surface area (TPSA) is 122 Å². The lowest BCUT2D eigenvalue weighted by atomic mass is 10.1. The molecule has 0 aliphatic heterocycles. The van der Waals surface area contributed by atoms with Crippen LogP contribution in [0.25, 0.3) is 0 Å². The second-order valence-electron chi connectivity index (χ2n) is 7.79. The monoisotopic (exact) mass is 468 g/mol. The fourth-order valence-corrected chi connectivity index (χ4v) is 3.04. The largest absolute Gasteiger partial charge is 0.399 e. The number of hydrogen-bond acceptors (Lipinski definition) is 6. The van der Waals surface area contributed by atoms with E-state index in [9.17, 15) is 9.59 Å². The van der Waals surface area contributed by atoms with Gasteiger partial charge in [-0.1, -0.05) is 42.0 Å². The van der Waals surface area contributed by atoms with Gasteiger partial charge >= 0.3 is 0 Å². The zero-order chi connectivity index (χ0) is 25.2. The molecule has 8 heteroatoms. The second kappa shape index (κ2) is 11.9. The molecule has 0 saturated carbocycles. The number of anilines is 5. The Labute approximate surface area is 204 Å². The van der Waals surface area contributed by atoms with Gasteiger partial charge in [0.2, 0.25) is 11.9 Å². The Hall–Kier alpha value is -4.72. The molecule has 0 radical (unpaired) electrons. The van der Waals surface area contributed by atoms with Gasteiger partial charge in [-0.05, 0) is 56.7 Å². The first kappa shape index (κ1) is 24.9. The maximum atomic E-state index is 12.9. The number of aryl methyl sites for hydroxylation is 1. The molecule has 0 spiro atoms. The van der Waals surface area contributed by atoms with Gasteiger partial charge in [0.1, 0.15) is 0 Å². The number of carbonyl (C=O) groups excluding carboxylic acids is 2. The molecular formula is C27H28N6O2. The van der Waals surface area contributed by atoms with Crippen LogP contribution in [0.5, 0.6) is 0 Å². The van der Waals surface area contributed by atoms with Crippen LogP contribution in [0.3, 0.4) is 0 Å². The Morgan fingerprint density at radius 3 is 2.43 bits per heavy atom. The van der Waals surface area contributed by atoms with E-state index in [0.717, 1.165) is 16.8 Å². The predicted octanol–water partition coefficient (Wildman–Crippen LogP) is 5.38. The molecule has 1 aromatic heterocycles. The number of carbonyl (C=O) groups is 2. The molecule has 3 aromatic rings. The summed E-state index contributed by atoms with van der Waals surface area (Å²) in [6.07, 6.45) is 11.9. The van der Waals surface area contributed by atoms with Gasteiger partial charge in [-0.25, -0.2) is 9.97 Å². The molecule has 0 saturated heterocycles. The lowest BCUT2D eigenvalue weighted by Gasteiger charge is -2.11. The summed E-state index contributed by atoms with van der Waals surface area (Å²) in [5, 5.41) is 8.62. The highest BCUT2D eigenvalue weighted by atomic mass is 16.2. The van der Waals surface area contributed by atoms with Gasteiger partial charge in [-0.15, -0.1) is 0 Å². The van der Waals surface area contributed by atoms with Gasteiger partial charge in [0.15, 0.2) is 0 Å². The zero-order valence-corrected chi connectivity index (χ0v) is 19.9. The van der Waals surface area contributed by atoms with Crippen LogP contribution >= 0.6 is 0 Å². The minimum Gasteiger partial charge on any atom is -0.399 e. The predicted molar refractivity (Wildman–Crippen MR) is 142 cm³/mol. The number of rotatable bonds is 8. The summed E-state index contributed by atoms with van der Waals surface area (Å²) in [5.74, 6) is -0.247. The maximum Gasteiger partial charge on any atom is 0.256 e. The molecule has 2 amide bonds. The Morgan fingerprint density at radius 1 is 0.943 bits per heavy atom. The van der Waals surface area contributed by atoms with Crippen molar-refractivity contribution in [2.75, 3.05) is 21.7 Å². The molecule has 0 fully saturated rings. The smallest absolute Gasteiger partial charge is 0.256 e. The summed E-state index contributed by atoms with van der Waals surface area (Å²) in [6, 6.07) is 12.4. The van der Waals surface area contributed by atoms with Crippen LogP contribution in [0.15, 0.2) is 90.8 Å². The summed E-state index contributed by atoms with van der Waals surface area (Å²) < 4.78 is 0. The molecule has 35 heavy (non-hydrogen) atoms. The number of aromatic nitrogens is 2. The Bertz CT molecular complexity index is 1290. The van der Waals surface area contributed by atoms with Crippen LogP contribution in [0, 0.1) is 6.92 Å². The SMILES string of the molecule is C\C=C/C=C(C)/C=C/C(=O)Nc1ccc(C)c(C(=O)Nc2cnc(Nc3cccc(N)c3)nc2)c1. The number of allylic oxidation sites excluding steroid dienone is 5. The van der Waals surface area contributed by atoms with E-state index in [2.05, 4.69) is 25.9 Å². The summed E-state index contributed by atoms with van der Waals surface area (Å²) in [5.41, 5.74) is 10.3. The normalized spacial score (nSPS) is 11.6. The number of hydrogen-bond donors (Lipinski definition) is 4. The van der Waals surface area contributed by atoms with Crippen LogP contribution in [0.4, 0.5) is 28.7 Å². The lowest BCUT2D eigenvalue weighted by molar-refractivity contribution is -0.111. The van der Waals surface area contributed by atoms with Gasteiger partial charge in [0.05, 0.1) is 18.1 Å². The van der Waals surface area contributed by atoms with Crippen LogP contribution < -0.4 is 21.7 Å². The molecular weight excluding hydrogens is 440 g/mol. The molecule has 0 bridgehead atoms. The first-order valence-electron chi connectivity index (χ1n) is 11.0. The van der Waals surface area contributed by atoms with E-state index in [1.807, 2.05) is 51.1 Å². The minimum absolute atomic E-state index is 0.287. The van der Waals surface area contributed by atoms with Crippen molar-refractivity contribution in [2.45, 2.75) is 20.8 Å². The van der Waals surface area contributed by atoms with E-state index in [4.69, 9.17) is 5.73 Å². The van der Waals surface area contributed by atoms with E-state index < -0.39 is 0 Å². The molecule has 178 valence electrons. The Kier molecular flexibility index (Phi) is 8.50. The maximum absolute atomic E-state index is 12.9. The van der Waals surface area contributed by atoms with E-state index in [0.29, 0.717) is 28.6 Å². The summed E-state index contributed by atoms with van der Waals surface area (Å²) in [6.45, 7) is 5.65. The van der Waals surface area contributed by atoms with Crippen LogP contribution in [0.1, 0.15) is 29.8 Å². The molecule has 1 heterocycles. The van der Waals surface area contributed by atoms with E-state index in [1.54, 1.807) is 36.4 Å². The van der Waals surface area contributed by atoms with Crippen molar-refractivity contribution in [2.24, 2.45) is 0 Å². The van der Waals surface area contributed by atoms with E-state index in [1.165, 1.54) is 18.5 Å². The van der Waals surface area contributed by atoms with E-state index in [-0.39, 0.29) is 11.8 Å². The van der Waals surface area contributed by atoms with Gasteiger partial charge < -0.3 is 21.7 Å². The van der Waals surface area contributed by atoms with Gasteiger partial charge in [0.25, 0.3) is 5.91 Å². The van der Waals surface area contributed by atoms with Crippen LogP contribution in [-0.2, 0) is 4.79 Å². The zero-order valence-electron chi connectivity index (χ0n) is 19.9. The summed E-state index contributed by atoms with van der Waals surface area (Å²) in [4.78, 5) is 33.6. The lowest BCUT2D eigenvalue weighted by Crippen LogP contribution is -2.15. The fourth-order valence-electron chi connectivity index (χ4n) is 3.04. The third-order valence-corrected chi connectivity index (χ3v) is 4.85. The standard InChI is InChI=1S/C27H28N6O2/c1-4-5-7-18(2)10-13-25(34)31-22-12-11-19(3)24(15-22)26(35)32-23-16-29-27(30-17-23)33-21-9-6-8-20(28)14-21/h4-17H,28H2,1-3H3,(H,31,34)(H,32,35)(H,29,30,33)/b5-4-,13-10+,18-7+. The van der Waals surface area contributed by atoms with Crippen molar-refractivity contribution in [3.63, 3.8) is 0 Å². The summed E-state index contributed by atoms with van der Waals surface area (Å²) >= 11 is 0. The Morgan fingerprint density at radius 2 is 1.71 bits per heavy atom. The van der Waals surface area contributed by atoms with Gasteiger partial charge in [-0.3, -0.25) is 9.59 Å². The number of nitrogen functional groups attached to an aromatic ring is 1. The summed E-state index contributed by atoms with van der Waals surface area (Å²) in [7, 11) is 0. The number of benzene rings is 2. The van der Waals surface area contributed by atoms with Crippen molar-refractivity contribution in [3.8, 4) is 0 Å². The fraction of sp³-hybridized carbons (Fsp3) is 0.111. The highest BCUT2D eigenvalue weighted by Crippen LogP contribution is 2.19. The van der Waals surface area contributed by atoms with Gasteiger partial charge in [0, 0.05) is 28.7 Å². The van der Waals surface area contributed by atoms with Crippen molar-refractivity contribution >= 4 is 40.5 Å². The number of nitrogens with zero attached hydrogens (tertiary/aromatic N) is 2. The first-order valence-corrected chi connectivity index (χ1v) is 11.0. The molecule has 3 rings (SSSR count). The van der Waals surface area contributed by atoms with Crippen molar-refractivity contribution in [1.82, 2.24) is 9.97 Å². The quantitative estimate of drug-likeness (QED) is 0.200. The third-order valence-electron chi connectivity index (χ3n) is 4.85. The molecule has 0 aliphatic carbocycles. The van der Waals surface area contributed by atoms with Crippen molar-refractivity contribution in [1.29, 1.82) is 0 Å². The highest BCUT2D eigenvalue weighted by molar-refractivity contribution is 6.07. The average molecular weight is 469 g/mol. The van der Waals surface area contributed by atoms with E-state index >= 15 is 0 Å². The molecule has 0 atom stereocenters. The van der Waals surface area contributed by atoms with Crippen LogP contribution in [0.2, 0.25) is 0 Å². The number of nitrogens with one attached hydrogen (secondary N) is 3. The third kappa shape index (κ3) is 7.68. The minimum atomic E-state index is -0.334. The molecule has 0 aliphatic rings. The second-order valence-corrected chi connectivity index (χ2v) is 7.79.